The minimum absolute atomic E-state index is 0.0759. The van der Waals surface area contributed by atoms with Crippen LogP contribution in [0, 0.1) is 12.8 Å². The van der Waals surface area contributed by atoms with Crippen LogP contribution in [0.15, 0.2) is 48.5 Å². The van der Waals surface area contributed by atoms with Gasteiger partial charge in [-0.15, -0.1) is 0 Å². The highest BCUT2D eigenvalue weighted by molar-refractivity contribution is 6.05. The number of para-hydroxylation sites is 1. The number of nitrogens with one attached hydrogen (secondary N) is 3. The fourth-order valence-electron chi connectivity index (χ4n) is 2.28. The van der Waals surface area contributed by atoms with E-state index < -0.39 is 0 Å². The molecule has 0 saturated carbocycles. The van der Waals surface area contributed by atoms with Gasteiger partial charge in [0.25, 0.3) is 5.91 Å². The fraction of sp³-hybridized carbons (Fsp3) is 0.263. The first kappa shape index (κ1) is 17.7. The van der Waals surface area contributed by atoms with E-state index in [9.17, 15) is 9.59 Å². The molecule has 5 nitrogen and oxygen atoms in total. The molecular weight excluding hydrogens is 302 g/mol. The third kappa shape index (κ3) is 4.67. The summed E-state index contributed by atoms with van der Waals surface area (Å²) in [5.41, 5.74) is 2.80. The van der Waals surface area contributed by atoms with Gasteiger partial charge in [0.15, 0.2) is 0 Å². The topological polar surface area (TPSA) is 70.2 Å². The average Bonchev–Trinajstić information content (AvgIpc) is 2.57. The van der Waals surface area contributed by atoms with Crippen molar-refractivity contribution in [1.82, 2.24) is 5.32 Å². The second kappa shape index (κ2) is 8.26. The predicted molar refractivity (Wildman–Crippen MR) is 97.3 cm³/mol. The number of anilines is 2. The van der Waals surface area contributed by atoms with E-state index in [0.29, 0.717) is 17.8 Å². The summed E-state index contributed by atoms with van der Waals surface area (Å²) >= 11 is 0. The van der Waals surface area contributed by atoms with Gasteiger partial charge in [-0.25, -0.2) is 0 Å². The van der Waals surface area contributed by atoms with Crippen molar-refractivity contribution in [2.75, 3.05) is 24.2 Å². The predicted octanol–water partition coefficient (Wildman–Crippen LogP) is 3.04. The van der Waals surface area contributed by atoms with Gasteiger partial charge in [0.2, 0.25) is 5.91 Å². The number of amides is 2. The third-order valence-electron chi connectivity index (χ3n) is 3.75. The van der Waals surface area contributed by atoms with Gasteiger partial charge in [0.05, 0.1) is 0 Å². The standard InChI is InChI=1S/C19H23N3O2/c1-13-9-10-15(19(24)21-16-7-5-4-6-8-16)11-17(13)22-18(23)14(2)12-20-3/h4-11,14,20H,12H2,1-3H3,(H,21,24)(H,22,23). The number of carbonyl (C=O) groups excluding carboxylic acids is 2. The summed E-state index contributed by atoms with van der Waals surface area (Å²) < 4.78 is 0. The Bertz CT molecular complexity index is 714. The van der Waals surface area contributed by atoms with E-state index in [-0.39, 0.29) is 17.7 Å². The van der Waals surface area contributed by atoms with E-state index in [1.54, 1.807) is 12.1 Å². The van der Waals surface area contributed by atoms with Gasteiger partial charge < -0.3 is 16.0 Å². The Hall–Kier alpha value is -2.66. The van der Waals surface area contributed by atoms with Crippen LogP contribution < -0.4 is 16.0 Å². The molecule has 0 aliphatic carbocycles. The molecule has 2 rings (SSSR count). The molecule has 2 amide bonds. The molecule has 0 fully saturated rings. The van der Waals surface area contributed by atoms with Gasteiger partial charge in [-0.2, -0.15) is 0 Å². The Balaban J connectivity index is 2.13. The van der Waals surface area contributed by atoms with Crippen LogP contribution in [0.2, 0.25) is 0 Å². The van der Waals surface area contributed by atoms with Crippen molar-refractivity contribution in [1.29, 1.82) is 0 Å². The van der Waals surface area contributed by atoms with Crippen LogP contribution in [0.4, 0.5) is 11.4 Å². The average molecular weight is 325 g/mol. The van der Waals surface area contributed by atoms with Crippen LogP contribution in [-0.4, -0.2) is 25.4 Å². The van der Waals surface area contributed by atoms with Crippen LogP contribution in [0.25, 0.3) is 0 Å². The summed E-state index contributed by atoms with van der Waals surface area (Å²) in [4.78, 5) is 24.5. The van der Waals surface area contributed by atoms with Crippen LogP contribution in [0.5, 0.6) is 0 Å². The minimum atomic E-state index is -0.208. The Labute approximate surface area is 142 Å². The Kier molecular flexibility index (Phi) is 6.09. The largest absolute Gasteiger partial charge is 0.326 e. The number of hydrogen-bond donors (Lipinski definition) is 3. The third-order valence-corrected chi connectivity index (χ3v) is 3.75. The van der Waals surface area contributed by atoms with Crippen LogP contribution in [0.1, 0.15) is 22.8 Å². The molecule has 0 aromatic heterocycles. The second-order valence-corrected chi connectivity index (χ2v) is 5.80. The van der Waals surface area contributed by atoms with Crippen molar-refractivity contribution in [2.24, 2.45) is 5.92 Å². The van der Waals surface area contributed by atoms with Gasteiger partial charge in [-0.3, -0.25) is 9.59 Å². The SMILES string of the molecule is CNCC(C)C(=O)Nc1cc(C(=O)Nc2ccccc2)ccc1C. The molecule has 24 heavy (non-hydrogen) atoms. The van der Waals surface area contributed by atoms with Crippen molar-refractivity contribution in [3.8, 4) is 0 Å². The summed E-state index contributed by atoms with van der Waals surface area (Å²) in [6.07, 6.45) is 0. The zero-order chi connectivity index (χ0) is 17.5. The first-order chi connectivity index (χ1) is 11.5. The maximum absolute atomic E-state index is 12.4. The van der Waals surface area contributed by atoms with Crippen molar-refractivity contribution < 1.29 is 9.59 Å². The number of rotatable bonds is 6. The van der Waals surface area contributed by atoms with Gasteiger partial charge in [0.1, 0.15) is 0 Å². The maximum Gasteiger partial charge on any atom is 0.255 e. The second-order valence-electron chi connectivity index (χ2n) is 5.80. The molecule has 0 aliphatic rings. The van der Waals surface area contributed by atoms with Gasteiger partial charge in [-0.1, -0.05) is 31.2 Å². The maximum atomic E-state index is 12.4. The molecule has 1 atom stereocenters. The lowest BCUT2D eigenvalue weighted by molar-refractivity contribution is -0.119. The summed E-state index contributed by atoms with van der Waals surface area (Å²) in [7, 11) is 1.81. The Morgan fingerprint density at radius 2 is 1.75 bits per heavy atom. The van der Waals surface area contributed by atoms with Crippen molar-refractivity contribution in [3.63, 3.8) is 0 Å². The quantitative estimate of drug-likeness (QED) is 0.764. The molecule has 126 valence electrons. The van der Waals surface area contributed by atoms with Crippen LogP contribution >= 0.6 is 0 Å². The van der Waals surface area contributed by atoms with Gasteiger partial charge >= 0.3 is 0 Å². The molecule has 0 bridgehead atoms. The summed E-state index contributed by atoms with van der Waals surface area (Å²) in [6, 6.07) is 14.6. The smallest absolute Gasteiger partial charge is 0.255 e. The zero-order valence-corrected chi connectivity index (χ0v) is 14.2. The summed E-state index contributed by atoms with van der Waals surface area (Å²) in [5.74, 6) is -0.441. The van der Waals surface area contributed by atoms with E-state index in [1.165, 1.54) is 0 Å². The van der Waals surface area contributed by atoms with Crippen LogP contribution in [0.3, 0.4) is 0 Å². The van der Waals surface area contributed by atoms with Gasteiger partial charge in [-0.05, 0) is 43.8 Å². The molecule has 2 aromatic rings. The van der Waals surface area contributed by atoms with E-state index in [0.717, 1.165) is 11.3 Å². The Morgan fingerprint density at radius 3 is 2.42 bits per heavy atom. The van der Waals surface area contributed by atoms with E-state index in [1.807, 2.05) is 57.3 Å². The first-order valence-corrected chi connectivity index (χ1v) is 7.93. The molecule has 0 heterocycles. The highest BCUT2D eigenvalue weighted by Gasteiger charge is 2.14. The molecule has 1 unspecified atom stereocenters. The summed E-state index contributed by atoms with van der Waals surface area (Å²) in [6.45, 7) is 4.35. The number of benzene rings is 2. The normalized spacial score (nSPS) is 11.6. The fourth-order valence-corrected chi connectivity index (χ4v) is 2.28. The molecule has 2 aromatic carbocycles. The molecule has 0 saturated heterocycles. The van der Waals surface area contributed by atoms with Crippen molar-refractivity contribution >= 4 is 23.2 Å². The number of carbonyl (C=O) groups is 2. The lowest BCUT2D eigenvalue weighted by Gasteiger charge is -2.14. The first-order valence-electron chi connectivity index (χ1n) is 7.93. The monoisotopic (exact) mass is 325 g/mol. The minimum Gasteiger partial charge on any atom is -0.326 e. The number of hydrogen-bond acceptors (Lipinski definition) is 3. The number of aryl methyl sites for hydroxylation is 1. The van der Waals surface area contributed by atoms with Crippen LogP contribution in [-0.2, 0) is 4.79 Å². The molecular formula is C19H23N3O2. The van der Waals surface area contributed by atoms with E-state index in [2.05, 4.69) is 16.0 Å². The van der Waals surface area contributed by atoms with E-state index >= 15 is 0 Å². The van der Waals surface area contributed by atoms with Gasteiger partial charge in [0, 0.05) is 29.4 Å². The lowest BCUT2D eigenvalue weighted by Crippen LogP contribution is -2.29. The molecule has 5 heteroatoms. The Morgan fingerprint density at radius 1 is 1.04 bits per heavy atom. The van der Waals surface area contributed by atoms with E-state index in [4.69, 9.17) is 0 Å². The summed E-state index contributed by atoms with van der Waals surface area (Å²) in [5, 5.41) is 8.72. The van der Waals surface area contributed by atoms with Crippen molar-refractivity contribution in [2.45, 2.75) is 13.8 Å². The highest BCUT2D eigenvalue weighted by atomic mass is 16.2. The molecule has 0 spiro atoms. The molecule has 3 N–H and O–H groups in total. The zero-order valence-electron chi connectivity index (χ0n) is 14.2. The lowest BCUT2D eigenvalue weighted by atomic mass is 10.1. The molecule has 0 radical (unpaired) electrons. The highest BCUT2D eigenvalue weighted by Crippen LogP contribution is 2.19. The van der Waals surface area contributed by atoms with Crippen molar-refractivity contribution in [3.05, 3.63) is 59.7 Å². The molecule has 0 aliphatic heterocycles.